The van der Waals surface area contributed by atoms with E-state index in [0.29, 0.717) is 11.3 Å². The van der Waals surface area contributed by atoms with Crippen molar-refractivity contribution in [1.82, 2.24) is 15.2 Å². The predicted octanol–water partition coefficient (Wildman–Crippen LogP) is -4.73. The monoisotopic (exact) mass is 531 g/mol. The van der Waals surface area contributed by atoms with E-state index < -0.39 is 37.0 Å². The van der Waals surface area contributed by atoms with E-state index >= 15 is 0 Å². The van der Waals surface area contributed by atoms with Crippen LogP contribution in [0.15, 0.2) is 34.5 Å². The Morgan fingerprint density at radius 1 is 1.47 bits per heavy atom. The third-order valence-corrected chi connectivity index (χ3v) is 5.79. The summed E-state index contributed by atoms with van der Waals surface area (Å²) in [7, 11) is -4.89. The number of fused-ring (bicyclic) bond motifs is 1. The minimum Gasteiger partial charge on any atom is -0.756 e. The quantitative estimate of drug-likeness (QED) is 0.0524. The van der Waals surface area contributed by atoms with Crippen LogP contribution in [0.25, 0.3) is 0 Å². The number of phosphoric acid groups is 1. The summed E-state index contributed by atoms with van der Waals surface area (Å²) in [5.74, 6) is -2.27. The van der Waals surface area contributed by atoms with Crippen molar-refractivity contribution < 1.29 is 95.3 Å². The van der Waals surface area contributed by atoms with Crippen LogP contribution in [0, 0.1) is 0 Å². The number of carboxylic acids is 1. The molecule has 14 nitrogen and oxygen atoms in total. The van der Waals surface area contributed by atoms with E-state index in [0.717, 1.165) is 16.2 Å². The van der Waals surface area contributed by atoms with Crippen LogP contribution in [-0.2, 0) is 18.9 Å². The number of amides is 2. The van der Waals surface area contributed by atoms with Gasteiger partial charge in [-0.15, -0.1) is 23.1 Å². The molecule has 18 heteroatoms. The van der Waals surface area contributed by atoms with Crippen LogP contribution < -0.4 is 67.3 Å². The minimum absolute atomic E-state index is 0. The molecule has 1 saturated heterocycles. The normalized spacial score (nSPS) is 20.2. The maximum absolute atomic E-state index is 12.4. The molecule has 2 amide bonds. The molecule has 2 atom stereocenters. The molecular weight excluding hydrogens is 516 g/mol. The standard InChI is InChI=1S/C14H13N5O5S2.K.H3O4P/c1-2-5-3-25-12-8(11(21)19(12)9(5)13(22)23)17-10(20)7(18-24)6-4-26-14(15)16-6;;1-5(2,3)4/h2,4,8,12,24H,1,3H2,(H2,15,16)(H,17,20)(H,22,23);;(H3,1,2,3,4)/q;+1;/p-1/b18-7-;;/t8-,12-;;/m1../s1. The van der Waals surface area contributed by atoms with Gasteiger partial charge in [0.15, 0.2) is 10.8 Å². The average molecular weight is 532 g/mol. The maximum Gasteiger partial charge on any atom is 1.00 e. The summed E-state index contributed by atoms with van der Waals surface area (Å²) in [6.07, 6.45) is 1.40. The zero-order valence-electron chi connectivity index (χ0n) is 16.2. The molecule has 1 aromatic rings. The third kappa shape index (κ3) is 6.94. The average Bonchev–Trinajstić information content (AvgIpc) is 3.09. The van der Waals surface area contributed by atoms with Crippen LogP contribution in [0.3, 0.4) is 0 Å². The van der Waals surface area contributed by atoms with Crippen molar-refractivity contribution in [3.8, 4) is 0 Å². The molecule has 7 N–H and O–H groups in total. The number of nitrogens with zero attached hydrogens (tertiary/aromatic N) is 3. The summed E-state index contributed by atoms with van der Waals surface area (Å²) in [6, 6.07) is -0.944. The first-order chi connectivity index (χ1) is 14.4. The van der Waals surface area contributed by atoms with Gasteiger partial charge in [-0.1, -0.05) is 17.8 Å². The Bertz CT molecular complexity index is 1030. The molecule has 1 fully saturated rings. The molecule has 0 spiro atoms. The zero-order valence-corrected chi connectivity index (χ0v) is 21.9. The van der Waals surface area contributed by atoms with Crippen molar-refractivity contribution in [1.29, 1.82) is 0 Å². The number of carbonyl (C=O) groups is 3. The van der Waals surface area contributed by atoms with E-state index in [-0.39, 0.29) is 73.6 Å². The van der Waals surface area contributed by atoms with E-state index in [4.69, 9.17) is 30.2 Å². The molecule has 32 heavy (non-hydrogen) atoms. The molecule has 0 saturated carbocycles. The van der Waals surface area contributed by atoms with Gasteiger partial charge in [0, 0.05) is 11.1 Å². The van der Waals surface area contributed by atoms with Gasteiger partial charge in [0.25, 0.3) is 19.6 Å². The van der Waals surface area contributed by atoms with Gasteiger partial charge < -0.3 is 36.0 Å². The smallest absolute Gasteiger partial charge is 0.756 e. The third-order valence-electron chi connectivity index (χ3n) is 3.81. The number of carbonyl (C=O) groups excluding carboxylic acids is 2. The van der Waals surface area contributed by atoms with Crippen LogP contribution in [0.4, 0.5) is 5.13 Å². The molecule has 2 aliphatic rings. The SMILES string of the molecule is C=CC1=C(C(=O)O)N2C(=O)[C@@H](NC(=O)/C(=N\O)c3csc(N)n3)[C@H]2SC1.O=P([O-])(O)O.[K+]. The molecule has 2 aliphatic heterocycles. The van der Waals surface area contributed by atoms with Gasteiger partial charge in [-0.25, -0.2) is 9.78 Å². The molecule has 0 bridgehead atoms. The Hall–Kier alpha value is -1.11. The van der Waals surface area contributed by atoms with Crippen molar-refractivity contribution in [3.63, 3.8) is 0 Å². The Balaban J connectivity index is 0.000000770. The number of aromatic nitrogens is 1. The van der Waals surface area contributed by atoms with Crippen molar-refractivity contribution in [2.45, 2.75) is 11.4 Å². The zero-order chi connectivity index (χ0) is 23.5. The summed E-state index contributed by atoms with van der Waals surface area (Å²) < 4.78 is 8.77. The number of hydrogen-bond acceptors (Lipinski definition) is 11. The second-order valence-corrected chi connectivity index (χ2v) is 8.73. The first kappa shape index (κ1) is 28.9. The van der Waals surface area contributed by atoms with Crippen molar-refractivity contribution >= 4 is 59.5 Å². The van der Waals surface area contributed by atoms with Crippen LogP contribution in [0.2, 0.25) is 0 Å². The molecular formula is C14H15KN5O9PS2. The number of allylic oxidation sites excluding steroid dienone is 1. The Labute approximate surface area is 230 Å². The topological polar surface area (TPSA) is 239 Å². The molecule has 0 aromatic carbocycles. The van der Waals surface area contributed by atoms with Gasteiger partial charge in [0.05, 0.1) is 0 Å². The number of anilines is 1. The van der Waals surface area contributed by atoms with E-state index in [1.54, 1.807) is 0 Å². The summed E-state index contributed by atoms with van der Waals surface area (Å²) in [6.45, 7) is 3.56. The Kier molecular flexibility index (Phi) is 10.7. The fraction of sp³-hybridized carbons (Fsp3) is 0.214. The number of β-lactam (4-membered cyclic amide) rings is 1. The second kappa shape index (κ2) is 11.8. The van der Waals surface area contributed by atoms with Gasteiger partial charge in [-0.2, -0.15) is 0 Å². The van der Waals surface area contributed by atoms with Crippen molar-refractivity contribution in [2.24, 2.45) is 5.16 Å². The number of hydrogen-bond donors (Lipinski definition) is 6. The van der Waals surface area contributed by atoms with E-state index in [1.165, 1.54) is 23.2 Å². The van der Waals surface area contributed by atoms with E-state index in [9.17, 15) is 19.5 Å². The number of thiazole rings is 1. The summed E-state index contributed by atoms with van der Waals surface area (Å²) in [5.41, 5.74) is 5.49. The fourth-order valence-corrected chi connectivity index (χ4v) is 4.51. The Morgan fingerprint density at radius 2 is 2.06 bits per heavy atom. The molecule has 0 unspecified atom stereocenters. The summed E-state index contributed by atoms with van der Waals surface area (Å²) >= 11 is 2.37. The number of aliphatic carboxylic acids is 1. The van der Waals surface area contributed by atoms with Gasteiger partial charge in [0.2, 0.25) is 0 Å². The molecule has 0 radical (unpaired) electrons. The number of oxime groups is 1. The maximum atomic E-state index is 12.4. The molecule has 1 aromatic heterocycles. The first-order valence-electron chi connectivity index (χ1n) is 7.93. The number of nitrogens with two attached hydrogens (primary N) is 1. The van der Waals surface area contributed by atoms with E-state index in [1.807, 2.05) is 0 Å². The van der Waals surface area contributed by atoms with Crippen LogP contribution >= 0.6 is 30.9 Å². The minimum atomic E-state index is -4.89. The summed E-state index contributed by atoms with van der Waals surface area (Å²) in [4.78, 5) is 64.1. The fourth-order valence-electron chi connectivity index (χ4n) is 2.62. The number of nitrogens with one attached hydrogen (secondary N) is 1. The number of carboxylic acid groups (broad SMARTS) is 1. The molecule has 168 valence electrons. The first-order valence-corrected chi connectivity index (χ1v) is 11.4. The van der Waals surface area contributed by atoms with E-state index in [2.05, 4.69) is 22.0 Å². The number of nitrogen functional groups attached to an aromatic ring is 1. The summed E-state index contributed by atoms with van der Waals surface area (Å²) in [5, 5.41) is 24.9. The largest absolute Gasteiger partial charge is 1.00 e. The van der Waals surface area contributed by atoms with Crippen LogP contribution in [0.1, 0.15) is 5.69 Å². The van der Waals surface area contributed by atoms with Gasteiger partial charge in [0.1, 0.15) is 22.8 Å². The molecule has 3 heterocycles. The van der Waals surface area contributed by atoms with Gasteiger partial charge in [-0.3, -0.25) is 19.1 Å². The second-order valence-electron chi connectivity index (χ2n) is 5.75. The molecule has 3 rings (SSSR count). The number of thioether (sulfide) groups is 1. The van der Waals surface area contributed by atoms with Gasteiger partial charge in [-0.05, 0) is 5.57 Å². The van der Waals surface area contributed by atoms with Crippen molar-refractivity contribution in [2.75, 3.05) is 11.5 Å². The van der Waals surface area contributed by atoms with Crippen LogP contribution in [0.5, 0.6) is 0 Å². The number of rotatable bonds is 5. The van der Waals surface area contributed by atoms with Gasteiger partial charge >= 0.3 is 57.4 Å². The Morgan fingerprint density at radius 3 is 2.50 bits per heavy atom. The predicted molar refractivity (Wildman–Crippen MR) is 107 cm³/mol. The molecule has 0 aliphatic carbocycles. The van der Waals surface area contributed by atoms with Crippen LogP contribution in [-0.4, -0.2) is 70.6 Å². The van der Waals surface area contributed by atoms with Crippen molar-refractivity contribution in [3.05, 3.63) is 35.0 Å².